The van der Waals surface area contributed by atoms with Crippen LogP contribution in [-0.4, -0.2) is 40.6 Å². The Balaban J connectivity index is 1.35. The van der Waals surface area contributed by atoms with Crippen molar-refractivity contribution in [3.63, 3.8) is 0 Å². The quantitative estimate of drug-likeness (QED) is 0.517. The minimum absolute atomic E-state index is 0.167. The highest BCUT2D eigenvalue weighted by Gasteiger charge is 2.31. The van der Waals surface area contributed by atoms with Gasteiger partial charge in [0.15, 0.2) is 0 Å². The van der Waals surface area contributed by atoms with E-state index in [4.69, 9.17) is 13.9 Å². The number of benzene rings is 1. The number of rotatable bonds is 7. The van der Waals surface area contributed by atoms with Crippen LogP contribution in [0.5, 0.6) is 5.75 Å². The van der Waals surface area contributed by atoms with Gasteiger partial charge >= 0.3 is 5.97 Å². The maximum absolute atomic E-state index is 11.9. The number of carbonyl (C=O) groups excluding carboxylic acids is 1. The molecule has 152 valence electrons. The van der Waals surface area contributed by atoms with Gasteiger partial charge in [-0.3, -0.25) is 9.69 Å². The highest BCUT2D eigenvalue weighted by atomic mass is 32.2. The monoisotopic (exact) mass is 430 g/mol. The van der Waals surface area contributed by atoms with E-state index in [1.807, 2.05) is 48.7 Å². The fourth-order valence-corrected chi connectivity index (χ4v) is 4.96. The summed E-state index contributed by atoms with van der Waals surface area (Å²) in [5, 5.41) is 2.00. The summed E-state index contributed by atoms with van der Waals surface area (Å²) in [7, 11) is 1.44. The van der Waals surface area contributed by atoms with Gasteiger partial charge < -0.3 is 13.9 Å². The Morgan fingerprint density at radius 3 is 2.86 bits per heavy atom. The molecule has 4 rings (SSSR count). The van der Waals surface area contributed by atoms with Crippen molar-refractivity contribution in [2.24, 2.45) is 0 Å². The molecule has 3 heterocycles. The van der Waals surface area contributed by atoms with Gasteiger partial charge in [-0.2, -0.15) is 0 Å². The SMILES string of the molecule is COC(=O)[C@@H]1CSCN1Cc1ccc(OCc2nc(-c3cccs3)oc2C)cc1. The Hall–Kier alpha value is -2.29. The molecule has 29 heavy (non-hydrogen) atoms. The molecule has 8 heteroatoms. The lowest BCUT2D eigenvalue weighted by Gasteiger charge is -2.21. The number of oxazole rings is 1. The third-order valence-corrected chi connectivity index (χ3v) is 6.68. The number of hydrogen-bond donors (Lipinski definition) is 0. The van der Waals surface area contributed by atoms with Crippen LogP contribution >= 0.6 is 23.1 Å². The number of methoxy groups -OCH3 is 1. The average Bonchev–Trinajstić information content (AvgIpc) is 3.48. The van der Waals surface area contributed by atoms with Crippen LogP contribution < -0.4 is 4.74 Å². The first-order chi connectivity index (χ1) is 14.1. The highest BCUT2D eigenvalue weighted by Crippen LogP contribution is 2.27. The molecule has 3 aromatic rings. The molecule has 0 unspecified atom stereocenters. The maximum atomic E-state index is 11.9. The molecule has 0 N–H and O–H groups in total. The van der Waals surface area contributed by atoms with Crippen LogP contribution in [0.15, 0.2) is 46.2 Å². The van der Waals surface area contributed by atoms with E-state index >= 15 is 0 Å². The zero-order valence-corrected chi connectivity index (χ0v) is 17.9. The van der Waals surface area contributed by atoms with E-state index in [1.54, 1.807) is 23.1 Å². The van der Waals surface area contributed by atoms with E-state index in [0.717, 1.165) is 39.3 Å². The van der Waals surface area contributed by atoms with Crippen molar-refractivity contribution < 1.29 is 18.7 Å². The van der Waals surface area contributed by atoms with Gasteiger partial charge in [0.25, 0.3) is 0 Å². The molecule has 0 bridgehead atoms. The second-order valence-corrected chi connectivity index (χ2v) is 8.67. The molecule has 6 nitrogen and oxygen atoms in total. The largest absolute Gasteiger partial charge is 0.487 e. The van der Waals surface area contributed by atoms with Gasteiger partial charge in [-0.05, 0) is 36.1 Å². The van der Waals surface area contributed by atoms with Gasteiger partial charge in [-0.15, -0.1) is 23.1 Å². The first-order valence-electron chi connectivity index (χ1n) is 9.25. The minimum Gasteiger partial charge on any atom is -0.487 e. The molecular formula is C21H22N2O4S2. The van der Waals surface area contributed by atoms with Gasteiger partial charge in [0.1, 0.15) is 29.9 Å². The van der Waals surface area contributed by atoms with Crippen LogP contribution in [-0.2, 0) is 22.7 Å². The van der Waals surface area contributed by atoms with E-state index < -0.39 is 0 Å². The Kier molecular flexibility index (Phi) is 6.22. The van der Waals surface area contributed by atoms with E-state index in [0.29, 0.717) is 19.0 Å². The lowest BCUT2D eigenvalue weighted by molar-refractivity contribution is -0.145. The normalized spacial score (nSPS) is 16.8. The fourth-order valence-electron chi connectivity index (χ4n) is 3.13. The lowest BCUT2D eigenvalue weighted by atomic mass is 10.2. The lowest BCUT2D eigenvalue weighted by Crippen LogP contribution is -2.38. The van der Waals surface area contributed by atoms with Crippen molar-refractivity contribution in [3.8, 4) is 16.5 Å². The van der Waals surface area contributed by atoms with E-state index in [2.05, 4.69) is 9.88 Å². The van der Waals surface area contributed by atoms with Gasteiger partial charge in [0, 0.05) is 18.2 Å². The predicted molar refractivity (Wildman–Crippen MR) is 114 cm³/mol. The molecule has 1 aromatic carbocycles. The summed E-state index contributed by atoms with van der Waals surface area (Å²) >= 11 is 3.35. The predicted octanol–water partition coefficient (Wildman–Crippen LogP) is 4.34. The topological polar surface area (TPSA) is 64.8 Å². The van der Waals surface area contributed by atoms with E-state index in [1.165, 1.54) is 7.11 Å². The van der Waals surface area contributed by atoms with Crippen LogP contribution in [0.1, 0.15) is 17.0 Å². The molecule has 1 fully saturated rings. The van der Waals surface area contributed by atoms with Crippen molar-refractivity contribution in [2.45, 2.75) is 26.1 Å². The van der Waals surface area contributed by atoms with Crippen LogP contribution in [0.3, 0.4) is 0 Å². The van der Waals surface area contributed by atoms with Crippen molar-refractivity contribution in [3.05, 3.63) is 58.8 Å². The number of esters is 1. The first-order valence-corrected chi connectivity index (χ1v) is 11.3. The van der Waals surface area contributed by atoms with Crippen LogP contribution in [0.2, 0.25) is 0 Å². The van der Waals surface area contributed by atoms with Crippen LogP contribution in [0.25, 0.3) is 10.8 Å². The molecule has 2 aromatic heterocycles. The second-order valence-electron chi connectivity index (χ2n) is 6.72. The molecule has 1 atom stereocenters. The third kappa shape index (κ3) is 4.66. The van der Waals surface area contributed by atoms with E-state index in [-0.39, 0.29) is 12.0 Å². The van der Waals surface area contributed by atoms with Crippen molar-refractivity contribution >= 4 is 29.1 Å². The summed E-state index contributed by atoms with van der Waals surface area (Å²) in [5.41, 5.74) is 1.93. The number of aromatic nitrogens is 1. The molecular weight excluding hydrogens is 408 g/mol. The maximum Gasteiger partial charge on any atom is 0.323 e. The number of ether oxygens (including phenoxy) is 2. The molecule has 0 spiro atoms. The summed E-state index contributed by atoms with van der Waals surface area (Å²) < 4.78 is 16.6. The van der Waals surface area contributed by atoms with Gasteiger partial charge in [0.05, 0.1) is 12.0 Å². The standard InChI is InChI=1S/C21H22N2O4S2/c1-14-17(22-20(27-14)19-4-3-9-29-19)11-26-16-7-5-15(6-8-16)10-23-13-28-12-18(23)21(24)25-2/h3-9,18H,10-13H2,1-2H3/t18-/m0/s1. The number of hydrogen-bond acceptors (Lipinski definition) is 8. The summed E-state index contributed by atoms with van der Waals surface area (Å²) in [4.78, 5) is 19.6. The van der Waals surface area contributed by atoms with Gasteiger partial charge in [-0.25, -0.2) is 4.98 Å². The van der Waals surface area contributed by atoms with Gasteiger partial charge in [-0.1, -0.05) is 18.2 Å². The molecule has 1 aliphatic heterocycles. The molecule has 0 amide bonds. The summed E-state index contributed by atoms with van der Waals surface area (Å²) in [5.74, 6) is 3.61. The Morgan fingerprint density at radius 2 is 2.14 bits per heavy atom. The molecule has 0 aliphatic carbocycles. The third-order valence-electron chi connectivity index (χ3n) is 4.76. The Bertz CT molecular complexity index is 954. The zero-order chi connectivity index (χ0) is 20.2. The number of thioether (sulfide) groups is 1. The van der Waals surface area contributed by atoms with Crippen molar-refractivity contribution in [1.82, 2.24) is 9.88 Å². The number of thiophene rings is 1. The average molecular weight is 431 g/mol. The van der Waals surface area contributed by atoms with Gasteiger partial charge in [0.2, 0.25) is 5.89 Å². The van der Waals surface area contributed by atoms with Crippen LogP contribution in [0, 0.1) is 6.92 Å². The number of carbonyl (C=O) groups is 1. The summed E-state index contributed by atoms with van der Waals surface area (Å²) in [6.07, 6.45) is 0. The van der Waals surface area contributed by atoms with Crippen molar-refractivity contribution in [2.75, 3.05) is 18.7 Å². The Labute approximate surface area is 177 Å². The Morgan fingerprint density at radius 1 is 1.31 bits per heavy atom. The molecule has 0 saturated carbocycles. The van der Waals surface area contributed by atoms with Crippen LogP contribution in [0.4, 0.5) is 0 Å². The smallest absolute Gasteiger partial charge is 0.323 e. The summed E-state index contributed by atoms with van der Waals surface area (Å²) in [6, 6.07) is 11.7. The molecule has 1 saturated heterocycles. The zero-order valence-electron chi connectivity index (χ0n) is 16.3. The van der Waals surface area contributed by atoms with Crippen molar-refractivity contribution in [1.29, 1.82) is 0 Å². The molecule has 1 aliphatic rings. The first kappa shape index (κ1) is 20.0. The minimum atomic E-state index is -0.173. The number of aryl methyl sites for hydroxylation is 1. The summed E-state index contributed by atoms with van der Waals surface area (Å²) in [6.45, 7) is 2.96. The second kappa shape index (κ2) is 9.02. The number of nitrogens with zero attached hydrogens (tertiary/aromatic N) is 2. The highest BCUT2D eigenvalue weighted by molar-refractivity contribution is 7.99. The fraction of sp³-hybridized carbons (Fsp3) is 0.333. The molecule has 0 radical (unpaired) electrons. The van der Waals surface area contributed by atoms with E-state index in [9.17, 15) is 4.79 Å².